The van der Waals surface area contributed by atoms with Crippen LogP contribution in [0.3, 0.4) is 0 Å². The Morgan fingerprint density at radius 1 is 0.562 bits per heavy atom. The summed E-state index contributed by atoms with van der Waals surface area (Å²) in [5.74, 6) is 0. The van der Waals surface area contributed by atoms with Gasteiger partial charge in [-0.05, 0) is 75.3 Å². The first kappa shape index (κ1) is 21.5. The Kier molecular flexibility index (Phi) is 6.52. The molecule has 176 valence electrons. The van der Waals surface area contributed by atoms with Gasteiger partial charge in [-0.15, -0.1) is 0 Å². The van der Waals surface area contributed by atoms with Gasteiger partial charge in [-0.2, -0.15) is 0 Å². The number of hydrogen-bond donors (Lipinski definition) is 4. The normalized spacial score (nSPS) is 38.0. The summed E-state index contributed by atoms with van der Waals surface area (Å²) in [4.78, 5) is 5.50. The molecule has 5 nitrogen and oxygen atoms in total. The van der Waals surface area contributed by atoms with E-state index in [9.17, 15) is 0 Å². The molecule has 0 saturated heterocycles. The summed E-state index contributed by atoms with van der Waals surface area (Å²) < 4.78 is 0. The maximum Gasteiger partial charge on any atom is 0.0609 e. The van der Waals surface area contributed by atoms with Crippen LogP contribution in [-0.4, -0.2) is 42.2 Å². The summed E-state index contributed by atoms with van der Waals surface area (Å²) in [7, 11) is 0. The molecule has 6 atom stereocenters. The van der Waals surface area contributed by atoms with Gasteiger partial charge < -0.3 is 21.3 Å². The number of fused-ring (bicyclic) bond motifs is 2. The Labute approximate surface area is 194 Å². The Bertz CT molecular complexity index is 733. The van der Waals surface area contributed by atoms with Crippen molar-refractivity contribution in [1.82, 2.24) is 26.3 Å². The molecular formula is C27H43N5. The lowest BCUT2D eigenvalue weighted by atomic mass is 9.83. The Hall–Kier alpha value is -1.01. The van der Waals surface area contributed by atoms with Crippen LogP contribution in [0.1, 0.15) is 112 Å². The standard InChI is InChI=1S/C27H43N5/c1-3-11-22-20(9-1)28-15-16-29-21-10-2-4-12-23(21)31-25-14-6-8-19-17-18-7-5-13-24(30-22)26(18)32-27(19)25/h17,20-25,28-31H,1-16H2/t20?,21?,22-,23?,24?,25?/m1/s1. The quantitative estimate of drug-likeness (QED) is 0.497. The third-order valence-corrected chi connectivity index (χ3v) is 9.09. The molecule has 2 saturated carbocycles. The van der Waals surface area contributed by atoms with Crippen LogP contribution in [0.5, 0.6) is 0 Å². The van der Waals surface area contributed by atoms with E-state index in [4.69, 9.17) is 4.98 Å². The first-order chi connectivity index (χ1) is 15.8. The monoisotopic (exact) mass is 437 g/mol. The molecular weight excluding hydrogens is 394 g/mol. The summed E-state index contributed by atoms with van der Waals surface area (Å²) in [5, 5.41) is 16.1. The lowest BCUT2D eigenvalue weighted by Crippen LogP contribution is -2.54. The van der Waals surface area contributed by atoms with Crippen molar-refractivity contribution >= 4 is 0 Å². The molecule has 6 rings (SSSR count). The van der Waals surface area contributed by atoms with Gasteiger partial charge in [0.05, 0.1) is 23.5 Å². The predicted octanol–water partition coefficient (Wildman–Crippen LogP) is 3.83. The van der Waals surface area contributed by atoms with E-state index < -0.39 is 0 Å². The molecule has 5 unspecified atom stereocenters. The van der Waals surface area contributed by atoms with Crippen molar-refractivity contribution < 1.29 is 0 Å². The lowest BCUT2D eigenvalue weighted by molar-refractivity contribution is 0.243. The van der Waals surface area contributed by atoms with Crippen molar-refractivity contribution in [2.75, 3.05) is 13.1 Å². The summed E-state index contributed by atoms with van der Waals surface area (Å²) in [6, 6.07) is 5.80. The van der Waals surface area contributed by atoms with Crippen LogP contribution in [-0.2, 0) is 12.8 Å². The van der Waals surface area contributed by atoms with Crippen molar-refractivity contribution in [2.24, 2.45) is 0 Å². The van der Waals surface area contributed by atoms with Gasteiger partial charge in [0.15, 0.2) is 0 Å². The molecule has 4 aliphatic carbocycles. The molecule has 1 aromatic heterocycles. The fraction of sp³-hybridized carbons (Fsp3) is 0.815. The van der Waals surface area contributed by atoms with Crippen LogP contribution in [0, 0.1) is 0 Å². The summed E-state index contributed by atoms with van der Waals surface area (Å²) >= 11 is 0. The number of rotatable bonds is 0. The fourth-order valence-corrected chi connectivity index (χ4v) is 7.41. The van der Waals surface area contributed by atoms with Gasteiger partial charge >= 0.3 is 0 Å². The molecule has 2 heterocycles. The third-order valence-electron chi connectivity index (χ3n) is 9.09. The van der Waals surface area contributed by atoms with Crippen molar-refractivity contribution in [3.05, 3.63) is 28.6 Å². The van der Waals surface area contributed by atoms with Crippen LogP contribution in [0.4, 0.5) is 0 Å². The first-order valence-electron chi connectivity index (χ1n) is 13.9. The highest BCUT2D eigenvalue weighted by molar-refractivity contribution is 5.37. The second-order valence-corrected chi connectivity index (χ2v) is 11.2. The molecule has 32 heavy (non-hydrogen) atoms. The van der Waals surface area contributed by atoms with Crippen LogP contribution >= 0.6 is 0 Å². The number of hydrogen-bond acceptors (Lipinski definition) is 5. The van der Waals surface area contributed by atoms with Gasteiger partial charge in [0.1, 0.15) is 0 Å². The van der Waals surface area contributed by atoms with Gasteiger partial charge in [0, 0.05) is 37.3 Å². The van der Waals surface area contributed by atoms with E-state index in [1.54, 1.807) is 0 Å². The molecule has 1 aliphatic heterocycles. The van der Waals surface area contributed by atoms with Crippen molar-refractivity contribution in [3.8, 4) is 0 Å². The van der Waals surface area contributed by atoms with E-state index in [-0.39, 0.29) is 0 Å². The van der Waals surface area contributed by atoms with Gasteiger partial charge in [-0.1, -0.05) is 31.7 Å². The van der Waals surface area contributed by atoms with Crippen LogP contribution < -0.4 is 21.3 Å². The van der Waals surface area contributed by atoms with E-state index in [0.717, 1.165) is 13.1 Å². The first-order valence-corrected chi connectivity index (χ1v) is 13.9. The Balaban J connectivity index is 1.35. The minimum absolute atomic E-state index is 0.435. The Morgan fingerprint density at radius 3 is 1.53 bits per heavy atom. The molecule has 0 radical (unpaired) electrons. The van der Waals surface area contributed by atoms with Gasteiger partial charge in [-0.25, -0.2) is 0 Å². The molecule has 4 N–H and O–H groups in total. The van der Waals surface area contributed by atoms with Crippen molar-refractivity contribution in [2.45, 2.75) is 126 Å². The second kappa shape index (κ2) is 9.69. The second-order valence-electron chi connectivity index (χ2n) is 11.2. The Morgan fingerprint density at radius 2 is 1.03 bits per heavy atom. The van der Waals surface area contributed by atoms with Gasteiger partial charge in [0.25, 0.3) is 0 Å². The topological polar surface area (TPSA) is 61.0 Å². The number of nitrogens with zero attached hydrogens (tertiary/aromatic N) is 1. The minimum Gasteiger partial charge on any atom is -0.311 e. The van der Waals surface area contributed by atoms with Crippen molar-refractivity contribution in [3.63, 3.8) is 0 Å². The maximum atomic E-state index is 5.50. The number of nitrogens with one attached hydrogen (secondary N) is 4. The third kappa shape index (κ3) is 4.38. The SMILES string of the molecule is c1c2c3nc4c1CCCC4N[C@@H]1CCCCC1NCCNC1CCCCC1NC3CCC2. The average Bonchev–Trinajstić information content (AvgIpc) is 2.83. The highest BCUT2D eigenvalue weighted by atomic mass is 15.1. The maximum absolute atomic E-state index is 5.50. The zero-order chi connectivity index (χ0) is 21.3. The van der Waals surface area contributed by atoms with E-state index in [2.05, 4.69) is 27.3 Å². The summed E-state index contributed by atoms with van der Waals surface area (Å²) in [6.45, 7) is 2.17. The molecule has 2 fully saturated rings. The van der Waals surface area contributed by atoms with Crippen LogP contribution in [0.25, 0.3) is 0 Å². The lowest BCUT2D eigenvalue weighted by Gasteiger charge is -2.38. The zero-order valence-corrected chi connectivity index (χ0v) is 19.8. The molecule has 0 spiro atoms. The van der Waals surface area contributed by atoms with Crippen LogP contribution in [0.15, 0.2) is 6.07 Å². The molecule has 0 aromatic carbocycles. The van der Waals surface area contributed by atoms with Crippen molar-refractivity contribution in [1.29, 1.82) is 0 Å². The largest absolute Gasteiger partial charge is 0.311 e. The smallest absolute Gasteiger partial charge is 0.0609 e. The number of aromatic nitrogens is 1. The molecule has 0 amide bonds. The van der Waals surface area contributed by atoms with E-state index in [1.165, 1.54) is 112 Å². The molecule has 5 heteroatoms. The average molecular weight is 438 g/mol. The van der Waals surface area contributed by atoms with E-state index in [1.807, 2.05) is 0 Å². The van der Waals surface area contributed by atoms with E-state index >= 15 is 0 Å². The number of aryl methyl sites for hydroxylation is 2. The molecule has 5 aliphatic rings. The van der Waals surface area contributed by atoms with Crippen LogP contribution in [0.2, 0.25) is 0 Å². The fourth-order valence-electron chi connectivity index (χ4n) is 7.41. The summed E-state index contributed by atoms with van der Waals surface area (Å²) in [5.41, 5.74) is 5.85. The number of pyridine rings is 1. The molecule has 1 aromatic rings. The highest BCUT2D eigenvalue weighted by Crippen LogP contribution is 2.37. The predicted molar refractivity (Wildman–Crippen MR) is 130 cm³/mol. The van der Waals surface area contributed by atoms with E-state index in [0.29, 0.717) is 36.3 Å². The highest BCUT2D eigenvalue weighted by Gasteiger charge is 2.34. The molecule has 2 bridgehead atoms. The summed E-state index contributed by atoms with van der Waals surface area (Å²) in [6.07, 6.45) is 18.2. The zero-order valence-electron chi connectivity index (χ0n) is 19.8. The van der Waals surface area contributed by atoms with Gasteiger partial charge in [0.2, 0.25) is 0 Å². The minimum atomic E-state index is 0.435. The van der Waals surface area contributed by atoms with Gasteiger partial charge in [-0.3, -0.25) is 4.98 Å².